The number of allylic oxidation sites excluding steroid dienone is 1. The number of esters is 1. The molecule has 0 radical (unpaired) electrons. The van der Waals surface area contributed by atoms with Crippen LogP contribution in [0.4, 0.5) is 0 Å². The van der Waals surface area contributed by atoms with Crippen LogP contribution in [0.25, 0.3) is 0 Å². The standard InChI is InChI=1S/C13H14N2O2/c1-10(16)17-13-5-4-12(9-15-13)7-11-3-2-6-14-8-11/h2-3,6,8-9H,4-5,7H2,1H3. The maximum Gasteiger partial charge on any atom is 0.309 e. The van der Waals surface area contributed by atoms with Crippen molar-refractivity contribution in [1.29, 1.82) is 0 Å². The zero-order valence-electron chi connectivity index (χ0n) is 9.72. The van der Waals surface area contributed by atoms with E-state index in [1.54, 1.807) is 12.4 Å². The Hall–Kier alpha value is -1.97. The van der Waals surface area contributed by atoms with Crippen molar-refractivity contribution < 1.29 is 9.53 Å². The molecular weight excluding hydrogens is 216 g/mol. The third kappa shape index (κ3) is 3.52. The number of hydrogen-bond donors (Lipinski definition) is 0. The molecule has 1 aliphatic rings. The lowest BCUT2D eigenvalue weighted by atomic mass is 10.0. The number of aromatic nitrogens is 1. The first kappa shape index (κ1) is 11.5. The van der Waals surface area contributed by atoms with E-state index in [2.05, 4.69) is 9.98 Å². The third-order valence-corrected chi connectivity index (χ3v) is 2.47. The molecule has 0 spiro atoms. The highest BCUT2D eigenvalue weighted by Gasteiger charge is 2.11. The Morgan fingerprint density at radius 3 is 2.94 bits per heavy atom. The minimum Gasteiger partial charge on any atom is -0.412 e. The first-order chi connectivity index (χ1) is 8.24. The number of rotatable bonds is 2. The van der Waals surface area contributed by atoms with Gasteiger partial charge in [0, 0.05) is 31.9 Å². The fourth-order valence-electron chi connectivity index (χ4n) is 1.70. The Kier molecular flexibility index (Phi) is 3.65. The molecule has 88 valence electrons. The van der Waals surface area contributed by atoms with E-state index in [0.29, 0.717) is 12.3 Å². The second-order valence-electron chi connectivity index (χ2n) is 3.94. The van der Waals surface area contributed by atoms with Crippen molar-refractivity contribution in [3.05, 3.63) is 41.9 Å². The van der Waals surface area contributed by atoms with Crippen LogP contribution in [0.2, 0.25) is 0 Å². The average Bonchev–Trinajstić information content (AvgIpc) is 2.32. The van der Waals surface area contributed by atoms with Crippen LogP contribution in [-0.2, 0) is 16.0 Å². The number of ether oxygens (including phenoxy) is 1. The number of hydrogen-bond acceptors (Lipinski definition) is 4. The van der Waals surface area contributed by atoms with E-state index < -0.39 is 0 Å². The van der Waals surface area contributed by atoms with E-state index in [0.717, 1.165) is 12.8 Å². The first-order valence-corrected chi connectivity index (χ1v) is 5.56. The molecule has 0 atom stereocenters. The number of aliphatic imine (C=N–C) groups is 1. The SMILES string of the molecule is CC(=O)OC1=NC=C(Cc2cccnc2)CC1. The Morgan fingerprint density at radius 1 is 1.47 bits per heavy atom. The van der Waals surface area contributed by atoms with Gasteiger partial charge in [-0.1, -0.05) is 6.07 Å². The van der Waals surface area contributed by atoms with E-state index in [9.17, 15) is 4.79 Å². The van der Waals surface area contributed by atoms with E-state index in [-0.39, 0.29) is 5.97 Å². The lowest BCUT2D eigenvalue weighted by molar-refractivity contribution is -0.133. The van der Waals surface area contributed by atoms with Crippen LogP contribution in [0.3, 0.4) is 0 Å². The highest BCUT2D eigenvalue weighted by molar-refractivity contribution is 5.88. The summed E-state index contributed by atoms with van der Waals surface area (Å²) in [6, 6.07) is 3.96. The lowest BCUT2D eigenvalue weighted by Crippen LogP contribution is -2.12. The summed E-state index contributed by atoms with van der Waals surface area (Å²) in [6.07, 6.45) is 7.81. The molecule has 0 unspecified atom stereocenters. The van der Waals surface area contributed by atoms with Crippen LogP contribution in [0.1, 0.15) is 25.3 Å². The minimum atomic E-state index is -0.312. The Labute approximate surface area is 100 Å². The molecule has 0 amide bonds. The second-order valence-corrected chi connectivity index (χ2v) is 3.94. The molecule has 4 nitrogen and oxygen atoms in total. The van der Waals surface area contributed by atoms with Gasteiger partial charge in [-0.3, -0.25) is 9.78 Å². The van der Waals surface area contributed by atoms with E-state index in [4.69, 9.17) is 4.74 Å². The summed E-state index contributed by atoms with van der Waals surface area (Å²) in [5.74, 6) is 0.195. The smallest absolute Gasteiger partial charge is 0.309 e. The molecule has 0 saturated heterocycles. The minimum absolute atomic E-state index is 0.312. The number of pyridine rings is 1. The molecule has 1 aromatic heterocycles. The molecule has 2 rings (SSSR count). The molecule has 0 aromatic carbocycles. The summed E-state index contributed by atoms with van der Waals surface area (Å²) in [4.78, 5) is 19.0. The van der Waals surface area contributed by atoms with E-state index >= 15 is 0 Å². The fourth-order valence-corrected chi connectivity index (χ4v) is 1.70. The van der Waals surface area contributed by atoms with Crippen molar-refractivity contribution in [2.75, 3.05) is 0 Å². The normalized spacial score (nSPS) is 14.9. The summed E-state index contributed by atoms with van der Waals surface area (Å²) in [6.45, 7) is 1.39. The average molecular weight is 230 g/mol. The van der Waals surface area contributed by atoms with Crippen LogP contribution < -0.4 is 0 Å². The van der Waals surface area contributed by atoms with Gasteiger partial charge in [-0.15, -0.1) is 0 Å². The van der Waals surface area contributed by atoms with E-state index in [1.807, 2.05) is 18.3 Å². The van der Waals surface area contributed by atoms with Gasteiger partial charge in [-0.2, -0.15) is 0 Å². The Morgan fingerprint density at radius 2 is 2.35 bits per heavy atom. The Balaban J connectivity index is 1.98. The van der Waals surface area contributed by atoms with Crippen molar-refractivity contribution in [3.8, 4) is 0 Å². The zero-order chi connectivity index (χ0) is 12.1. The maximum atomic E-state index is 10.8. The predicted octanol–water partition coefficient (Wildman–Crippen LogP) is 2.26. The highest BCUT2D eigenvalue weighted by atomic mass is 16.5. The lowest BCUT2D eigenvalue weighted by Gasteiger charge is -2.12. The van der Waals surface area contributed by atoms with Crippen molar-refractivity contribution in [2.24, 2.45) is 4.99 Å². The summed E-state index contributed by atoms with van der Waals surface area (Å²) in [5.41, 5.74) is 2.40. The zero-order valence-corrected chi connectivity index (χ0v) is 9.72. The van der Waals surface area contributed by atoms with Gasteiger partial charge in [0.1, 0.15) is 0 Å². The van der Waals surface area contributed by atoms with Gasteiger partial charge >= 0.3 is 5.97 Å². The second kappa shape index (κ2) is 5.39. The molecule has 2 heterocycles. The highest BCUT2D eigenvalue weighted by Crippen LogP contribution is 2.17. The first-order valence-electron chi connectivity index (χ1n) is 5.56. The summed E-state index contributed by atoms with van der Waals surface area (Å²) in [7, 11) is 0. The molecule has 0 fully saturated rings. The van der Waals surface area contributed by atoms with Crippen LogP contribution >= 0.6 is 0 Å². The van der Waals surface area contributed by atoms with Crippen LogP contribution in [0, 0.1) is 0 Å². The largest absolute Gasteiger partial charge is 0.412 e. The Bertz CT molecular complexity index is 464. The van der Waals surface area contributed by atoms with Gasteiger partial charge in [0.2, 0.25) is 0 Å². The molecule has 1 aromatic rings. The topological polar surface area (TPSA) is 51.5 Å². The van der Waals surface area contributed by atoms with Crippen molar-refractivity contribution in [3.63, 3.8) is 0 Å². The molecule has 0 bridgehead atoms. The van der Waals surface area contributed by atoms with Crippen LogP contribution in [-0.4, -0.2) is 16.9 Å². The molecule has 0 aliphatic carbocycles. The predicted molar refractivity (Wildman–Crippen MR) is 64.5 cm³/mol. The van der Waals surface area contributed by atoms with Gasteiger partial charge in [0.15, 0.2) is 5.90 Å². The van der Waals surface area contributed by atoms with Gasteiger partial charge in [0.05, 0.1) is 0 Å². The summed E-state index contributed by atoms with van der Waals surface area (Å²) in [5, 5.41) is 0. The van der Waals surface area contributed by atoms with Crippen molar-refractivity contribution >= 4 is 11.9 Å². The molecule has 4 heteroatoms. The number of carbonyl (C=O) groups excluding carboxylic acids is 1. The molecule has 17 heavy (non-hydrogen) atoms. The van der Waals surface area contributed by atoms with Crippen molar-refractivity contribution in [1.82, 2.24) is 4.98 Å². The maximum absolute atomic E-state index is 10.8. The summed E-state index contributed by atoms with van der Waals surface area (Å²) < 4.78 is 4.94. The molecule has 1 aliphatic heterocycles. The monoisotopic (exact) mass is 230 g/mol. The third-order valence-electron chi connectivity index (χ3n) is 2.47. The molecule has 0 saturated carbocycles. The van der Waals surface area contributed by atoms with Gasteiger partial charge in [-0.25, -0.2) is 4.99 Å². The van der Waals surface area contributed by atoms with Crippen LogP contribution in [0.5, 0.6) is 0 Å². The van der Waals surface area contributed by atoms with Gasteiger partial charge in [0.25, 0.3) is 0 Å². The van der Waals surface area contributed by atoms with E-state index in [1.165, 1.54) is 18.1 Å². The fraction of sp³-hybridized carbons (Fsp3) is 0.308. The molecular formula is C13H14N2O2. The quantitative estimate of drug-likeness (QED) is 0.732. The van der Waals surface area contributed by atoms with Crippen molar-refractivity contribution in [2.45, 2.75) is 26.2 Å². The molecule has 0 N–H and O–H groups in total. The van der Waals surface area contributed by atoms with Gasteiger partial charge < -0.3 is 4.74 Å². The summed E-state index contributed by atoms with van der Waals surface area (Å²) >= 11 is 0. The number of carbonyl (C=O) groups is 1. The van der Waals surface area contributed by atoms with Gasteiger partial charge in [-0.05, 0) is 30.0 Å². The number of nitrogens with zero attached hydrogens (tertiary/aromatic N) is 2. The van der Waals surface area contributed by atoms with Crippen LogP contribution in [0.15, 0.2) is 41.3 Å².